The summed E-state index contributed by atoms with van der Waals surface area (Å²) in [5.74, 6) is 1.77. The topological polar surface area (TPSA) is 49.8 Å². The zero-order valence-corrected chi connectivity index (χ0v) is 12.2. The second-order valence-electron chi connectivity index (χ2n) is 4.53. The van der Waals surface area contributed by atoms with Crippen molar-refractivity contribution in [1.82, 2.24) is 9.97 Å². The second-order valence-corrected chi connectivity index (χ2v) is 6.81. The molecular formula is C11H19ClN4S. The maximum Gasteiger partial charge on any atom is 0.157 e. The van der Waals surface area contributed by atoms with E-state index < -0.39 is 0 Å². The van der Waals surface area contributed by atoms with Crippen molar-refractivity contribution in [2.75, 3.05) is 30.0 Å². The lowest BCUT2D eigenvalue weighted by molar-refractivity contribution is 0.802. The zero-order chi connectivity index (χ0) is 12.9. The van der Waals surface area contributed by atoms with Crippen LogP contribution in [0.3, 0.4) is 0 Å². The van der Waals surface area contributed by atoms with Crippen molar-refractivity contribution in [3.63, 3.8) is 0 Å². The van der Waals surface area contributed by atoms with E-state index in [2.05, 4.69) is 41.4 Å². The van der Waals surface area contributed by atoms with Gasteiger partial charge in [0.25, 0.3) is 0 Å². The SMILES string of the molecule is CNc1c(Cl)ncnc1NCCSC(C)(C)C. The number of nitrogens with zero attached hydrogens (tertiary/aromatic N) is 2. The van der Waals surface area contributed by atoms with Gasteiger partial charge in [0.1, 0.15) is 12.0 Å². The summed E-state index contributed by atoms with van der Waals surface area (Å²) in [6.07, 6.45) is 1.46. The molecule has 0 aromatic carbocycles. The molecule has 1 aromatic rings. The molecule has 0 amide bonds. The van der Waals surface area contributed by atoms with Gasteiger partial charge in [-0.3, -0.25) is 0 Å². The summed E-state index contributed by atoms with van der Waals surface area (Å²) in [7, 11) is 1.81. The van der Waals surface area contributed by atoms with E-state index in [4.69, 9.17) is 11.6 Å². The van der Waals surface area contributed by atoms with Gasteiger partial charge in [-0.15, -0.1) is 0 Å². The summed E-state index contributed by atoms with van der Waals surface area (Å²) in [6, 6.07) is 0. The fraction of sp³-hybridized carbons (Fsp3) is 0.636. The van der Waals surface area contributed by atoms with E-state index in [-0.39, 0.29) is 4.75 Å². The van der Waals surface area contributed by atoms with Crippen molar-refractivity contribution in [3.05, 3.63) is 11.5 Å². The van der Waals surface area contributed by atoms with Crippen molar-refractivity contribution < 1.29 is 0 Å². The molecule has 96 valence electrons. The van der Waals surface area contributed by atoms with Gasteiger partial charge in [-0.05, 0) is 0 Å². The summed E-state index contributed by atoms with van der Waals surface area (Å²) in [5.41, 5.74) is 0.745. The van der Waals surface area contributed by atoms with E-state index in [0.717, 1.165) is 23.8 Å². The van der Waals surface area contributed by atoms with Crippen LogP contribution in [0, 0.1) is 0 Å². The normalized spacial score (nSPS) is 11.4. The molecule has 0 radical (unpaired) electrons. The molecule has 0 bridgehead atoms. The molecule has 0 atom stereocenters. The predicted molar refractivity (Wildman–Crippen MR) is 77.3 cm³/mol. The van der Waals surface area contributed by atoms with Crippen LogP contribution in [0.5, 0.6) is 0 Å². The van der Waals surface area contributed by atoms with Crippen LogP contribution in [-0.4, -0.2) is 34.1 Å². The Kier molecular flexibility index (Phi) is 5.33. The van der Waals surface area contributed by atoms with Gasteiger partial charge in [-0.25, -0.2) is 9.97 Å². The van der Waals surface area contributed by atoms with Gasteiger partial charge in [0, 0.05) is 24.1 Å². The standard InChI is InChI=1S/C11H19ClN4S/c1-11(2,3)17-6-5-14-10-8(13-4)9(12)15-7-16-10/h7,13H,5-6H2,1-4H3,(H,14,15,16). The highest BCUT2D eigenvalue weighted by Gasteiger charge is 2.11. The lowest BCUT2D eigenvalue weighted by atomic mass is 10.3. The third kappa shape index (κ3) is 5.00. The predicted octanol–water partition coefficient (Wildman–Crippen LogP) is 3.12. The first kappa shape index (κ1) is 14.4. The first-order valence-corrected chi connectivity index (χ1v) is 6.86. The van der Waals surface area contributed by atoms with E-state index in [1.807, 2.05) is 11.8 Å². The van der Waals surface area contributed by atoms with E-state index in [9.17, 15) is 0 Å². The molecule has 1 heterocycles. The Labute approximate surface area is 112 Å². The van der Waals surface area contributed by atoms with Gasteiger partial charge >= 0.3 is 0 Å². The van der Waals surface area contributed by atoms with E-state index in [0.29, 0.717) is 5.15 Å². The van der Waals surface area contributed by atoms with Crippen molar-refractivity contribution in [2.45, 2.75) is 25.5 Å². The van der Waals surface area contributed by atoms with Crippen LogP contribution in [0.15, 0.2) is 6.33 Å². The average Bonchev–Trinajstić information content (AvgIpc) is 2.23. The number of hydrogen-bond donors (Lipinski definition) is 2. The summed E-state index contributed by atoms with van der Waals surface area (Å²) < 4.78 is 0.289. The highest BCUT2D eigenvalue weighted by Crippen LogP contribution is 2.26. The van der Waals surface area contributed by atoms with Crippen molar-refractivity contribution >= 4 is 34.9 Å². The van der Waals surface area contributed by atoms with Crippen molar-refractivity contribution in [2.24, 2.45) is 0 Å². The molecule has 17 heavy (non-hydrogen) atoms. The largest absolute Gasteiger partial charge is 0.383 e. The molecule has 6 heteroatoms. The second kappa shape index (κ2) is 6.31. The number of anilines is 2. The summed E-state index contributed by atoms with van der Waals surface area (Å²) >= 11 is 7.87. The molecule has 2 N–H and O–H groups in total. The highest BCUT2D eigenvalue weighted by atomic mass is 35.5. The number of aromatic nitrogens is 2. The number of nitrogens with one attached hydrogen (secondary N) is 2. The molecule has 0 aliphatic rings. The third-order valence-electron chi connectivity index (χ3n) is 1.98. The molecule has 0 spiro atoms. The Bertz CT molecular complexity index is 365. The lowest BCUT2D eigenvalue weighted by Gasteiger charge is -2.18. The smallest absolute Gasteiger partial charge is 0.157 e. The summed E-state index contributed by atoms with van der Waals surface area (Å²) in [5, 5.41) is 6.69. The highest BCUT2D eigenvalue weighted by molar-refractivity contribution is 8.00. The number of thioether (sulfide) groups is 1. The van der Waals surface area contributed by atoms with Crippen LogP contribution in [0.4, 0.5) is 11.5 Å². The molecule has 0 saturated heterocycles. The quantitative estimate of drug-likeness (QED) is 0.638. The van der Waals surface area contributed by atoms with E-state index >= 15 is 0 Å². The summed E-state index contributed by atoms with van der Waals surface area (Å²) in [4.78, 5) is 8.09. The maximum atomic E-state index is 5.96. The average molecular weight is 275 g/mol. The molecular weight excluding hydrogens is 256 g/mol. The number of hydrogen-bond acceptors (Lipinski definition) is 5. The Morgan fingerprint density at radius 3 is 2.65 bits per heavy atom. The monoisotopic (exact) mass is 274 g/mol. The lowest BCUT2D eigenvalue weighted by Crippen LogP contribution is -2.14. The van der Waals surface area contributed by atoms with Gasteiger partial charge < -0.3 is 10.6 Å². The van der Waals surface area contributed by atoms with Crippen LogP contribution in [0.2, 0.25) is 5.15 Å². The molecule has 0 fully saturated rings. The molecule has 0 aliphatic heterocycles. The van der Waals surface area contributed by atoms with Crippen LogP contribution < -0.4 is 10.6 Å². The van der Waals surface area contributed by atoms with Crippen LogP contribution in [0.25, 0.3) is 0 Å². The minimum atomic E-state index is 0.289. The molecule has 0 aliphatic carbocycles. The Balaban J connectivity index is 2.49. The van der Waals surface area contributed by atoms with Crippen molar-refractivity contribution in [1.29, 1.82) is 0 Å². The van der Waals surface area contributed by atoms with Gasteiger partial charge in [0.05, 0.1) is 0 Å². The number of rotatable bonds is 5. The molecule has 0 saturated carbocycles. The maximum absolute atomic E-state index is 5.96. The fourth-order valence-corrected chi connectivity index (χ4v) is 2.29. The molecule has 1 rings (SSSR count). The van der Waals surface area contributed by atoms with Crippen molar-refractivity contribution in [3.8, 4) is 0 Å². The van der Waals surface area contributed by atoms with Gasteiger partial charge in [-0.2, -0.15) is 11.8 Å². The fourth-order valence-electron chi connectivity index (χ4n) is 1.25. The van der Waals surface area contributed by atoms with Gasteiger partial charge in [0.2, 0.25) is 0 Å². The van der Waals surface area contributed by atoms with Crippen LogP contribution in [0.1, 0.15) is 20.8 Å². The van der Waals surface area contributed by atoms with Gasteiger partial charge in [-0.1, -0.05) is 32.4 Å². The Hall–Kier alpha value is -0.680. The molecule has 4 nitrogen and oxygen atoms in total. The molecule has 0 unspecified atom stereocenters. The number of halogens is 1. The van der Waals surface area contributed by atoms with Gasteiger partial charge in [0.15, 0.2) is 11.0 Å². The van der Waals surface area contributed by atoms with Crippen LogP contribution >= 0.6 is 23.4 Å². The summed E-state index contributed by atoms with van der Waals surface area (Å²) in [6.45, 7) is 7.47. The first-order valence-electron chi connectivity index (χ1n) is 5.50. The van der Waals surface area contributed by atoms with E-state index in [1.165, 1.54) is 6.33 Å². The third-order valence-corrected chi connectivity index (χ3v) is 3.54. The Morgan fingerprint density at radius 2 is 2.06 bits per heavy atom. The zero-order valence-electron chi connectivity index (χ0n) is 10.7. The minimum absolute atomic E-state index is 0.289. The van der Waals surface area contributed by atoms with Crippen LogP contribution in [-0.2, 0) is 0 Å². The molecule has 1 aromatic heterocycles. The van der Waals surface area contributed by atoms with E-state index in [1.54, 1.807) is 7.05 Å². The minimum Gasteiger partial charge on any atom is -0.383 e. The Morgan fingerprint density at radius 1 is 1.35 bits per heavy atom. The first-order chi connectivity index (χ1) is 7.94.